The molecule has 3 rings (SSSR count). The molecule has 5 amide bonds. The Balaban J connectivity index is 1.27. The number of rotatable bonds is 15. The van der Waals surface area contributed by atoms with Gasteiger partial charge in [-0.15, -0.1) is 0 Å². The lowest BCUT2D eigenvalue weighted by molar-refractivity contribution is -0.128. The fourth-order valence-corrected chi connectivity index (χ4v) is 4.35. The van der Waals surface area contributed by atoms with E-state index < -0.39 is 17.7 Å². The first-order valence-electron chi connectivity index (χ1n) is 13.0. The molecule has 1 unspecified atom stereocenters. The molecule has 1 aliphatic heterocycles. The molecular weight excluding hydrogens is 536 g/mol. The summed E-state index contributed by atoms with van der Waals surface area (Å²) in [6.07, 6.45) is 1.92. The lowest BCUT2D eigenvalue weighted by Crippen LogP contribution is -2.44. The number of nitrogens with one attached hydrogen (secondary N) is 5. The number of amides is 5. The van der Waals surface area contributed by atoms with Gasteiger partial charge in [0.05, 0.1) is 37.0 Å². The second-order valence-corrected chi connectivity index (χ2v) is 9.48. The topological polar surface area (TPSA) is 168 Å². The third kappa shape index (κ3) is 8.97. The number of carbonyl (C=O) groups excluding carboxylic acids is 6. The van der Waals surface area contributed by atoms with E-state index in [9.17, 15) is 28.8 Å². The van der Waals surface area contributed by atoms with Crippen molar-refractivity contribution in [2.45, 2.75) is 31.7 Å². The highest BCUT2D eigenvalue weighted by atomic mass is 32.1. The summed E-state index contributed by atoms with van der Waals surface area (Å²) in [4.78, 5) is 71.8. The van der Waals surface area contributed by atoms with Crippen molar-refractivity contribution in [1.82, 2.24) is 31.2 Å². The predicted molar refractivity (Wildman–Crippen MR) is 150 cm³/mol. The number of ketones is 1. The summed E-state index contributed by atoms with van der Waals surface area (Å²) in [5, 5.41) is 12.7. The molecule has 1 aliphatic rings. The SMILES string of the molecule is O=C(CS)NCC(=O)NCC(=O)NCC(=O)NCCCCNC(=O)C1CCn2c(C(=O)c3ccccc3)ccc21. The minimum atomic E-state index is -0.540. The number of aromatic nitrogens is 1. The van der Waals surface area contributed by atoms with Gasteiger partial charge in [0, 0.05) is 30.9 Å². The molecule has 0 bridgehead atoms. The van der Waals surface area contributed by atoms with E-state index in [0.717, 1.165) is 5.69 Å². The molecule has 1 aromatic carbocycles. The molecule has 13 heteroatoms. The Bertz CT molecular complexity index is 1230. The molecule has 0 saturated carbocycles. The molecule has 2 aromatic rings. The van der Waals surface area contributed by atoms with Crippen molar-refractivity contribution in [3.05, 3.63) is 59.4 Å². The van der Waals surface area contributed by atoms with Gasteiger partial charge in [-0.1, -0.05) is 30.3 Å². The predicted octanol–water partition coefficient (Wildman–Crippen LogP) is -0.503. The van der Waals surface area contributed by atoms with Crippen LogP contribution in [0, 0.1) is 0 Å². The van der Waals surface area contributed by atoms with Gasteiger partial charge in [-0.2, -0.15) is 12.6 Å². The third-order valence-electron chi connectivity index (χ3n) is 6.30. The van der Waals surface area contributed by atoms with Crippen molar-refractivity contribution in [2.75, 3.05) is 38.5 Å². The van der Waals surface area contributed by atoms with Crippen LogP contribution in [0.1, 0.15) is 46.9 Å². The number of hydrogen-bond acceptors (Lipinski definition) is 7. The van der Waals surface area contributed by atoms with Gasteiger partial charge in [-0.25, -0.2) is 0 Å². The Hall–Kier alpha value is -4.13. The van der Waals surface area contributed by atoms with Crippen LogP contribution in [0.4, 0.5) is 0 Å². The van der Waals surface area contributed by atoms with Crippen molar-refractivity contribution in [3.63, 3.8) is 0 Å². The number of thiol groups is 1. The summed E-state index contributed by atoms with van der Waals surface area (Å²) in [6.45, 7) is 0.614. The van der Waals surface area contributed by atoms with Crippen LogP contribution in [0.25, 0.3) is 0 Å². The fraction of sp³-hybridized carbons (Fsp3) is 0.407. The van der Waals surface area contributed by atoms with Crippen molar-refractivity contribution in [3.8, 4) is 0 Å². The van der Waals surface area contributed by atoms with Gasteiger partial charge < -0.3 is 31.2 Å². The Labute approximate surface area is 237 Å². The van der Waals surface area contributed by atoms with Gasteiger partial charge in [0.2, 0.25) is 35.3 Å². The standard InChI is InChI=1S/C27H34N6O6S/c34-22(14-30-23(35)15-31-24(36)16-32-25(37)17-40)28-11-4-5-12-29-27(39)19-10-13-33-20(19)8-9-21(33)26(38)18-6-2-1-3-7-18/h1-3,6-9,19,40H,4-5,10-17H2,(H,28,34)(H,29,39)(H,30,35)(H,31,36)(H,32,37). The first-order valence-corrected chi connectivity index (χ1v) is 13.7. The molecular formula is C27H34N6O6S. The molecule has 0 fully saturated rings. The van der Waals surface area contributed by atoms with Crippen LogP contribution in [0.3, 0.4) is 0 Å². The highest BCUT2D eigenvalue weighted by Gasteiger charge is 2.31. The van der Waals surface area contributed by atoms with Gasteiger partial charge >= 0.3 is 0 Å². The zero-order chi connectivity index (χ0) is 28.9. The van der Waals surface area contributed by atoms with Crippen LogP contribution in [-0.2, 0) is 30.5 Å². The number of hydrogen-bond donors (Lipinski definition) is 6. The molecule has 1 aromatic heterocycles. The number of nitrogens with zero attached hydrogens (tertiary/aromatic N) is 1. The molecule has 12 nitrogen and oxygen atoms in total. The van der Waals surface area contributed by atoms with Crippen LogP contribution < -0.4 is 26.6 Å². The van der Waals surface area contributed by atoms with E-state index >= 15 is 0 Å². The van der Waals surface area contributed by atoms with E-state index in [4.69, 9.17) is 0 Å². The third-order valence-corrected chi connectivity index (χ3v) is 6.59. The molecule has 0 spiro atoms. The van der Waals surface area contributed by atoms with E-state index in [1.54, 1.807) is 18.2 Å². The van der Waals surface area contributed by atoms with Gasteiger partial charge in [-0.3, -0.25) is 28.8 Å². The Morgan fingerprint density at radius 2 is 1.30 bits per heavy atom. The van der Waals surface area contributed by atoms with Crippen LogP contribution >= 0.6 is 12.6 Å². The number of benzene rings is 1. The maximum absolute atomic E-state index is 12.8. The number of unbranched alkanes of at least 4 members (excludes halogenated alkanes) is 1. The first-order chi connectivity index (χ1) is 19.3. The highest BCUT2D eigenvalue weighted by Crippen LogP contribution is 2.31. The highest BCUT2D eigenvalue weighted by molar-refractivity contribution is 7.81. The maximum Gasteiger partial charge on any atom is 0.239 e. The molecule has 40 heavy (non-hydrogen) atoms. The van der Waals surface area contributed by atoms with Crippen molar-refractivity contribution in [2.24, 2.45) is 0 Å². The lowest BCUT2D eigenvalue weighted by atomic mass is 10.0. The summed E-state index contributed by atoms with van der Waals surface area (Å²) in [5.41, 5.74) is 2.04. The van der Waals surface area contributed by atoms with Gasteiger partial charge in [-0.05, 0) is 31.4 Å². The maximum atomic E-state index is 12.8. The van der Waals surface area contributed by atoms with Crippen LogP contribution in [0.2, 0.25) is 0 Å². The second-order valence-electron chi connectivity index (χ2n) is 9.17. The molecule has 0 radical (unpaired) electrons. The zero-order valence-electron chi connectivity index (χ0n) is 22.0. The average Bonchev–Trinajstić information content (AvgIpc) is 3.58. The fourth-order valence-electron chi connectivity index (χ4n) is 4.24. The average molecular weight is 571 g/mol. The van der Waals surface area contributed by atoms with Crippen molar-refractivity contribution < 1.29 is 28.8 Å². The van der Waals surface area contributed by atoms with Crippen LogP contribution in [0.5, 0.6) is 0 Å². The summed E-state index contributed by atoms with van der Waals surface area (Å²) in [5.74, 6) is -2.36. The monoisotopic (exact) mass is 570 g/mol. The van der Waals surface area contributed by atoms with Crippen LogP contribution in [-0.4, -0.2) is 78.4 Å². The summed E-state index contributed by atoms with van der Waals surface area (Å²) >= 11 is 3.77. The van der Waals surface area contributed by atoms with E-state index in [1.165, 1.54) is 0 Å². The Kier molecular flexibility index (Phi) is 11.8. The van der Waals surface area contributed by atoms with Gasteiger partial charge in [0.1, 0.15) is 0 Å². The van der Waals surface area contributed by atoms with Gasteiger partial charge in [0.25, 0.3) is 0 Å². The molecule has 214 valence electrons. The second kappa shape index (κ2) is 15.5. The number of carbonyl (C=O) groups is 6. The molecule has 2 heterocycles. The minimum Gasteiger partial charge on any atom is -0.356 e. The lowest BCUT2D eigenvalue weighted by Gasteiger charge is -2.11. The molecule has 0 saturated heterocycles. The summed E-state index contributed by atoms with van der Waals surface area (Å²) in [6, 6.07) is 12.7. The largest absolute Gasteiger partial charge is 0.356 e. The Morgan fingerprint density at radius 1 is 0.725 bits per heavy atom. The van der Waals surface area contributed by atoms with Gasteiger partial charge in [0.15, 0.2) is 0 Å². The molecule has 1 atom stereocenters. The van der Waals surface area contributed by atoms with E-state index in [-0.39, 0.29) is 48.9 Å². The number of fused-ring (bicyclic) bond motifs is 1. The quantitative estimate of drug-likeness (QED) is 0.0959. The van der Waals surface area contributed by atoms with Crippen LogP contribution in [0.15, 0.2) is 42.5 Å². The summed E-state index contributed by atoms with van der Waals surface area (Å²) in [7, 11) is 0. The first kappa shape index (κ1) is 30.4. The smallest absolute Gasteiger partial charge is 0.239 e. The summed E-state index contributed by atoms with van der Waals surface area (Å²) < 4.78 is 1.92. The Morgan fingerprint density at radius 3 is 1.93 bits per heavy atom. The normalized spacial score (nSPS) is 13.6. The van der Waals surface area contributed by atoms with E-state index in [0.29, 0.717) is 50.2 Å². The van der Waals surface area contributed by atoms with Crippen molar-refractivity contribution in [1.29, 1.82) is 0 Å². The molecule has 5 N–H and O–H groups in total. The molecule has 0 aliphatic carbocycles. The van der Waals surface area contributed by atoms with E-state index in [2.05, 4.69) is 39.2 Å². The van der Waals surface area contributed by atoms with E-state index in [1.807, 2.05) is 28.8 Å². The zero-order valence-corrected chi connectivity index (χ0v) is 22.9. The minimum absolute atomic E-state index is 0.0478. The van der Waals surface area contributed by atoms with Crippen molar-refractivity contribution >= 4 is 47.9 Å².